The second-order valence-electron chi connectivity index (χ2n) is 4.46. The highest BCUT2D eigenvalue weighted by Crippen LogP contribution is 2.29. The van der Waals surface area contributed by atoms with Crippen LogP contribution in [0.2, 0.25) is 5.02 Å². The Balaban J connectivity index is 2.74. The highest BCUT2D eigenvalue weighted by Gasteiger charge is 2.07. The van der Waals surface area contributed by atoms with Crippen LogP contribution in [0.15, 0.2) is 30.6 Å². The van der Waals surface area contributed by atoms with E-state index in [4.69, 9.17) is 16.3 Å². The number of carbonyl (C=O) groups is 2. The zero-order valence-electron chi connectivity index (χ0n) is 12.9. The van der Waals surface area contributed by atoms with Gasteiger partial charge in [-0.05, 0) is 19.1 Å². The molecule has 0 saturated heterocycles. The van der Waals surface area contributed by atoms with Crippen LogP contribution in [0.4, 0.5) is 5.69 Å². The van der Waals surface area contributed by atoms with E-state index >= 15 is 0 Å². The minimum absolute atomic E-state index is 0.0297. The van der Waals surface area contributed by atoms with Crippen molar-refractivity contribution in [3.8, 4) is 5.75 Å². The molecule has 0 aliphatic heterocycles. The Kier molecular flexibility index (Phi) is 7.25. The molecular weight excluding hydrogens is 306 g/mol. The topological polar surface area (TPSA) is 61.9 Å². The lowest BCUT2D eigenvalue weighted by atomic mass is 10.3. The number of nitrogens with one attached hydrogen (secondary N) is 1. The summed E-state index contributed by atoms with van der Waals surface area (Å²) in [5.74, 6) is 0.446. The van der Waals surface area contributed by atoms with Crippen molar-refractivity contribution in [3.05, 3.63) is 35.6 Å². The van der Waals surface area contributed by atoms with Crippen molar-refractivity contribution >= 4 is 29.6 Å². The van der Waals surface area contributed by atoms with Crippen molar-refractivity contribution < 1.29 is 14.3 Å². The molecule has 1 rings (SSSR count). The molecule has 0 unspecified atom stereocenters. The van der Waals surface area contributed by atoms with Crippen molar-refractivity contribution in [1.82, 2.24) is 10.2 Å². The Hall–Kier alpha value is -2.21. The van der Waals surface area contributed by atoms with E-state index in [9.17, 15) is 9.59 Å². The minimum atomic E-state index is -0.218. The molecule has 0 radical (unpaired) electrons. The monoisotopic (exact) mass is 325 g/mol. The predicted molar refractivity (Wildman–Crippen MR) is 87.0 cm³/mol. The third kappa shape index (κ3) is 5.29. The summed E-state index contributed by atoms with van der Waals surface area (Å²) in [4.78, 5) is 25.4. The van der Waals surface area contributed by atoms with Crippen molar-refractivity contribution in [2.24, 2.45) is 0 Å². The first-order valence-electron chi connectivity index (χ1n) is 6.74. The molecule has 0 aliphatic rings. The van der Waals surface area contributed by atoms with Crippen LogP contribution in [-0.4, -0.2) is 44.5 Å². The smallest absolute Gasteiger partial charge is 0.240 e. The molecule has 1 aromatic rings. The Morgan fingerprint density at radius 1 is 1.41 bits per heavy atom. The highest BCUT2D eigenvalue weighted by molar-refractivity contribution is 6.33. The number of ether oxygens (including phenoxy) is 1. The first-order valence-corrected chi connectivity index (χ1v) is 7.12. The first-order chi connectivity index (χ1) is 10.5. The number of amides is 2. The minimum Gasteiger partial charge on any atom is -0.497 e. The molecule has 0 aromatic heterocycles. The van der Waals surface area contributed by atoms with E-state index in [0.29, 0.717) is 23.7 Å². The lowest BCUT2D eigenvalue weighted by Gasteiger charge is -2.18. The number of rotatable bonds is 8. The fourth-order valence-corrected chi connectivity index (χ4v) is 2.01. The van der Waals surface area contributed by atoms with Gasteiger partial charge in [0.1, 0.15) is 12.3 Å². The van der Waals surface area contributed by atoms with Gasteiger partial charge in [-0.15, -0.1) is 0 Å². The van der Waals surface area contributed by atoms with Crippen molar-refractivity contribution in [2.75, 3.05) is 32.1 Å². The summed E-state index contributed by atoms with van der Waals surface area (Å²) in [7, 11) is 3.36. The molecule has 1 aromatic carbocycles. The molecule has 0 bridgehead atoms. The Bertz CT molecular complexity index is 549. The Labute approximate surface area is 135 Å². The fraction of sp³-hybridized carbons (Fsp3) is 0.333. The van der Waals surface area contributed by atoms with Gasteiger partial charge in [-0.3, -0.25) is 9.59 Å². The molecule has 0 aliphatic carbocycles. The molecule has 2 amide bonds. The van der Waals surface area contributed by atoms with Gasteiger partial charge in [-0.2, -0.15) is 0 Å². The maximum absolute atomic E-state index is 11.5. The Morgan fingerprint density at radius 3 is 2.68 bits per heavy atom. The Morgan fingerprint density at radius 2 is 2.14 bits per heavy atom. The number of benzene rings is 1. The predicted octanol–water partition coefficient (Wildman–Crippen LogP) is 1.85. The van der Waals surface area contributed by atoms with Gasteiger partial charge in [0.15, 0.2) is 0 Å². The van der Waals surface area contributed by atoms with E-state index in [2.05, 4.69) is 5.32 Å². The number of anilines is 1. The third-order valence-corrected chi connectivity index (χ3v) is 3.15. The molecule has 7 heteroatoms. The number of likely N-dealkylation sites (N-methyl/N-ethyl adjacent to an activating group) is 1. The molecule has 0 heterocycles. The van der Waals surface area contributed by atoms with Crippen LogP contribution in [0, 0.1) is 0 Å². The molecule has 0 saturated carbocycles. The zero-order valence-corrected chi connectivity index (χ0v) is 13.6. The number of halogens is 1. The maximum atomic E-state index is 11.5. The first kappa shape index (κ1) is 17.8. The maximum Gasteiger partial charge on any atom is 0.240 e. The van der Waals surface area contributed by atoms with Gasteiger partial charge in [0.05, 0.1) is 17.8 Å². The number of hydrogen-bond donors (Lipinski definition) is 1. The second kappa shape index (κ2) is 8.94. The summed E-state index contributed by atoms with van der Waals surface area (Å²) in [6.07, 6.45) is 3.76. The normalized spacial score (nSPS) is 10.4. The SMILES string of the molecule is CCNC(=O)CN(C=O)/C=C\N(C)c1ccc(OC)cc1Cl. The van der Waals surface area contributed by atoms with Gasteiger partial charge in [-0.1, -0.05) is 11.6 Å². The molecular formula is C15H20ClN3O3. The molecule has 0 atom stereocenters. The van der Waals surface area contributed by atoms with E-state index in [1.54, 1.807) is 43.5 Å². The average molecular weight is 326 g/mol. The summed E-state index contributed by atoms with van der Waals surface area (Å²) in [6.45, 7) is 2.31. The number of nitrogens with zero attached hydrogens (tertiary/aromatic N) is 2. The van der Waals surface area contributed by atoms with Crippen LogP contribution in [-0.2, 0) is 9.59 Å². The van der Waals surface area contributed by atoms with Gasteiger partial charge in [-0.25, -0.2) is 0 Å². The molecule has 6 nitrogen and oxygen atoms in total. The standard InChI is InChI=1S/C15H20ClN3O3/c1-4-17-15(21)10-19(11-20)8-7-18(2)14-6-5-12(22-3)9-13(14)16/h5-9,11H,4,10H2,1-3H3,(H,17,21)/b8-7-. The summed E-state index contributed by atoms with van der Waals surface area (Å²) >= 11 is 6.17. The van der Waals surface area contributed by atoms with Crippen LogP contribution in [0.3, 0.4) is 0 Å². The van der Waals surface area contributed by atoms with Crippen molar-refractivity contribution in [3.63, 3.8) is 0 Å². The summed E-state index contributed by atoms with van der Waals surface area (Å²) < 4.78 is 5.09. The number of hydrogen-bond acceptors (Lipinski definition) is 4. The van der Waals surface area contributed by atoms with Crippen molar-refractivity contribution in [1.29, 1.82) is 0 Å². The van der Waals surface area contributed by atoms with Gasteiger partial charge < -0.3 is 19.9 Å². The quantitative estimate of drug-likeness (QED) is 0.741. The number of methoxy groups -OCH3 is 1. The van der Waals surface area contributed by atoms with E-state index in [1.807, 2.05) is 6.92 Å². The number of carbonyl (C=O) groups excluding carboxylic acids is 2. The molecule has 1 N–H and O–H groups in total. The summed E-state index contributed by atoms with van der Waals surface area (Å²) in [5, 5.41) is 3.15. The van der Waals surface area contributed by atoms with Crippen LogP contribution in [0.5, 0.6) is 5.75 Å². The van der Waals surface area contributed by atoms with Crippen LogP contribution >= 0.6 is 11.6 Å². The lowest BCUT2D eigenvalue weighted by molar-refractivity contribution is -0.126. The van der Waals surface area contributed by atoms with Crippen LogP contribution < -0.4 is 15.0 Å². The van der Waals surface area contributed by atoms with Gasteiger partial charge in [0, 0.05) is 32.1 Å². The molecule has 120 valence electrons. The lowest BCUT2D eigenvalue weighted by Crippen LogP contribution is -2.34. The van der Waals surface area contributed by atoms with Gasteiger partial charge in [0.25, 0.3) is 0 Å². The van der Waals surface area contributed by atoms with E-state index in [1.165, 1.54) is 11.1 Å². The van der Waals surface area contributed by atoms with Gasteiger partial charge >= 0.3 is 0 Å². The van der Waals surface area contributed by atoms with Crippen LogP contribution in [0.25, 0.3) is 0 Å². The van der Waals surface area contributed by atoms with E-state index in [-0.39, 0.29) is 12.5 Å². The largest absolute Gasteiger partial charge is 0.497 e. The van der Waals surface area contributed by atoms with Crippen molar-refractivity contribution in [2.45, 2.75) is 6.92 Å². The molecule has 22 heavy (non-hydrogen) atoms. The second-order valence-corrected chi connectivity index (χ2v) is 4.86. The molecule has 0 spiro atoms. The summed E-state index contributed by atoms with van der Waals surface area (Å²) in [5.41, 5.74) is 0.752. The zero-order chi connectivity index (χ0) is 16.5. The summed E-state index contributed by atoms with van der Waals surface area (Å²) in [6, 6.07) is 5.30. The van der Waals surface area contributed by atoms with Gasteiger partial charge in [0.2, 0.25) is 12.3 Å². The van der Waals surface area contributed by atoms with E-state index in [0.717, 1.165) is 5.69 Å². The fourth-order valence-electron chi connectivity index (χ4n) is 1.71. The van der Waals surface area contributed by atoms with E-state index < -0.39 is 0 Å². The third-order valence-electron chi connectivity index (χ3n) is 2.85. The highest BCUT2D eigenvalue weighted by atomic mass is 35.5. The molecule has 0 fully saturated rings. The average Bonchev–Trinajstić information content (AvgIpc) is 2.51. The van der Waals surface area contributed by atoms with Crippen LogP contribution in [0.1, 0.15) is 6.92 Å².